The fourth-order valence-electron chi connectivity index (χ4n) is 2.55. The van der Waals surface area contributed by atoms with Crippen LogP contribution in [0.5, 0.6) is 0 Å². The quantitative estimate of drug-likeness (QED) is 0.494. The minimum atomic E-state index is -0.394. The van der Waals surface area contributed by atoms with E-state index in [1.165, 1.54) is 18.6 Å². The lowest BCUT2D eigenvalue weighted by Gasteiger charge is -2.16. The molecule has 1 amide bonds. The molecule has 3 N–H and O–H groups in total. The highest BCUT2D eigenvalue weighted by Crippen LogP contribution is 2.22. The SMILES string of the molecule is CCC1CCN(Cc2cc(C(=O)NN)ccc2F)C1. The van der Waals surface area contributed by atoms with E-state index in [0.717, 1.165) is 19.5 Å². The van der Waals surface area contributed by atoms with Gasteiger partial charge < -0.3 is 0 Å². The third kappa shape index (κ3) is 3.30. The summed E-state index contributed by atoms with van der Waals surface area (Å²) in [6.45, 7) is 4.73. The molecule has 0 aromatic heterocycles. The van der Waals surface area contributed by atoms with Gasteiger partial charge in [0.1, 0.15) is 5.82 Å². The van der Waals surface area contributed by atoms with Crippen molar-refractivity contribution in [2.24, 2.45) is 11.8 Å². The van der Waals surface area contributed by atoms with E-state index < -0.39 is 5.91 Å². The molecule has 1 saturated heterocycles. The van der Waals surface area contributed by atoms with Crippen LogP contribution in [0.3, 0.4) is 0 Å². The van der Waals surface area contributed by atoms with Crippen molar-refractivity contribution in [3.05, 3.63) is 35.1 Å². The van der Waals surface area contributed by atoms with Gasteiger partial charge in [0.15, 0.2) is 0 Å². The maximum Gasteiger partial charge on any atom is 0.265 e. The Labute approximate surface area is 112 Å². The summed E-state index contributed by atoms with van der Waals surface area (Å²) in [6, 6.07) is 4.35. The predicted molar refractivity (Wildman–Crippen MR) is 71.7 cm³/mol. The van der Waals surface area contributed by atoms with Crippen LogP contribution in [0.2, 0.25) is 0 Å². The van der Waals surface area contributed by atoms with Crippen LogP contribution in [0.25, 0.3) is 0 Å². The molecule has 19 heavy (non-hydrogen) atoms. The number of amides is 1. The van der Waals surface area contributed by atoms with Crippen LogP contribution >= 0.6 is 0 Å². The number of carbonyl (C=O) groups is 1. The van der Waals surface area contributed by atoms with Gasteiger partial charge in [-0.15, -0.1) is 0 Å². The molecular weight excluding hydrogens is 245 g/mol. The molecule has 1 atom stereocenters. The van der Waals surface area contributed by atoms with Crippen LogP contribution in [0.15, 0.2) is 18.2 Å². The summed E-state index contributed by atoms with van der Waals surface area (Å²) in [4.78, 5) is 13.7. The number of likely N-dealkylation sites (tertiary alicyclic amines) is 1. The van der Waals surface area contributed by atoms with E-state index >= 15 is 0 Å². The molecular formula is C14H20FN3O. The van der Waals surface area contributed by atoms with Gasteiger partial charge in [0, 0.05) is 24.2 Å². The molecule has 5 heteroatoms. The van der Waals surface area contributed by atoms with Gasteiger partial charge in [-0.25, -0.2) is 10.2 Å². The highest BCUT2D eigenvalue weighted by atomic mass is 19.1. The smallest absolute Gasteiger partial charge is 0.265 e. The molecule has 1 fully saturated rings. The molecule has 1 aliphatic rings. The Hall–Kier alpha value is -1.46. The topological polar surface area (TPSA) is 58.4 Å². The van der Waals surface area contributed by atoms with Crippen molar-refractivity contribution in [3.63, 3.8) is 0 Å². The number of rotatable bonds is 4. The molecule has 0 bridgehead atoms. The Morgan fingerprint density at radius 1 is 1.58 bits per heavy atom. The Balaban J connectivity index is 2.09. The number of carbonyl (C=O) groups excluding carboxylic acids is 1. The highest BCUT2D eigenvalue weighted by Gasteiger charge is 2.22. The number of hydrogen-bond acceptors (Lipinski definition) is 3. The summed E-state index contributed by atoms with van der Waals surface area (Å²) in [5.74, 6) is 5.13. The number of benzene rings is 1. The van der Waals surface area contributed by atoms with Crippen LogP contribution < -0.4 is 11.3 Å². The molecule has 104 valence electrons. The summed E-state index contributed by atoms with van der Waals surface area (Å²) in [6.07, 6.45) is 2.33. The Morgan fingerprint density at radius 2 is 2.37 bits per heavy atom. The van der Waals surface area contributed by atoms with Gasteiger partial charge in [-0.2, -0.15) is 0 Å². The number of nitrogen functional groups attached to an aromatic ring is 1. The third-order valence-corrected chi connectivity index (χ3v) is 3.78. The largest absolute Gasteiger partial charge is 0.299 e. The minimum absolute atomic E-state index is 0.270. The average Bonchev–Trinajstić information content (AvgIpc) is 2.88. The van der Waals surface area contributed by atoms with Crippen molar-refractivity contribution in [3.8, 4) is 0 Å². The Morgan fingerprint density at radius 3 is 3.00 bits per heavy atom. The maximum absolute atomic E-state index is 13.8. The summed E-state index contributed by atoms with van der Waals surface area (Å²) < 4.78 is 13.8. The van der Waals surface area contributed by atoms with Crippen LogP contribution in [-0.2, 0) is 6.54 Å². The summed E-state index contributed by atoms with van der Waals surface area (Å²) >= 11 is 0. The van der Waals surface area contributed by atoms with Crippen LogP contribution in [0.4, 0.5) is 4.39 Å². The molecule has 1 heterocycles. The lowest BCUT2D eigenvalue weighted by atomic mass is 10.1. The molecule has 4 nitrogen and oxygen atoms in total. The van der Waals surface area contributed by atoms with Gasteiger partial charge in [-0.3, -0.25) is 15.1 Å². The minimum Gasteiger partial charge on any atom is -0.299 e. The van der Waals surface area contributed by atoms with Crippen molar-refractivity contribution in [2.75, 3.05) is 13.1 Å². The zero-order valence-electron chi connectivity index (χ0n) is 11.2. The van der Waals surface area contributed by atoms with Gasteiger partial charge in [0.05, 0.1) is 0 Å². The lowest BCUT2D eigenvalue weighted by molar-refractivity contribution is 0.0953. The van der Waals surface area contributed by atoms with Gasteiger partial charge in [0.2, 0.25) is 0 Å². The van der Waals surface area contributed by atoms with E-state index in [9.17, 15) is 9.18 Å². The fraction of sp³-hybridized carbons (Fsp3) is 0.500. The van der Waals surface area contributed by atoms with Gasteiger partial charge >= 0.3 is 0 Å². The maximum atomic E-state index is 13.8. The molecule has 0 radical (unpaired) electrons. The summed E-state index contributed by atoms with van der Waals surface area (Å²) in [5.41, 5.74) is 3.01. The Kier molecular flexibility index (Phi) is 4.50. The number of nitrogens with one attached hydrogen (secondary N) is 1. The van der Waals surface area contributed by atoms with Crippen LogP contribution in [-0.4, -0.2) is 23.9 Å². The lowest BCUT2D eigenvalue weighted by Crippen LogP contribution is -2.30. The van der Waals surface area contributed by atoms with Crippen LogP contribution in [0.1, 0.15) is 35.7 Å². The zero-order valence-corrected chi connectivity index (χ0v) is 11.2. The van der Waals surface area contributed by atoms with E-state index in [2.05, 4.69) is 17.2 Å². The molecule has 0 aliphatic carbocycles. The van der Waals surface area contributed by atoms with Crippen molar-refractivity contribution >= 4 is 5.91 Å². The molecule has 1 aromatic carbocycles. The second-order valence-corrected chi connectivity index (χ2v) is 5.08. The van der Waals surface area contributed by atoms with Crippen molar-refractivity contribution in [1.82, 2.24) is 10.3 Å². The van der Waals surface area contributed by atoms with E-state index in [0.29, 0.717) is 23.6 Å². The number of nitrogens with two attached hydrogens (primary N) is 1. The summed E-state index contributed by atoms with van der Waals surface area (Å²) in [7, 11) is 0. The van der Waals surface area contributed by atoms with E-state index in [-0.39, 0.29) is 5.82 Å². The van der Waals surface area contributed by atoms with E-state index in [1.807, 2.05) is 0 Å². The van der Waals surface area contributed by atoms with Crippen molar-refractivity contribution in [2.45, 2.75) is 26.3 Å². The van der Waals surface area contributed by atoms with Gasteiger partial charge in [-0.1, -0.05) is 13.3 Å². The monoisotopic (exact) mass is 265 g/mol. The highest BCUT2D eigenvalue weighted by molar-refractivity contribution is 5.93. The van der Waals surface area contributed by atoms with Crippen molar-refractivity contribution < 1.29 is 9.18 Å². The van der Waals surface area contributed by atoms with Crippen LogP contribution in [0, 0.1) is 11.7 Å². The second kappa shape index (κ2) is 6.12. The van der Waals surface area contributed by atoms with Crippen molar-refractivity contribution in [1.29, 1.82) is 0 Å². The number of nitrogens with zero attached hydrogens (tertiary/aromatic N) is 1. The standard InChI is InChI=1S/C14H20FN3O/c1-2-10-5-6-18(8-10)9-12-7-11(14(19)17-16)3-4-13(12)15/h3-4,7,10H,2,5-6,8-9,16H2,1H3,(H,17,19). The fourth-order valence-corrected chi connectivity index (χ4v) is 2.55. The van der Waals surface area contributed by atoms with E-state index in [1.54, 1.807) is 6.07 Å². The first kappa shape index (κ1) is 14.0. The Bertz CT molecular complexity index is 464. The normalized spacial score (nSPS) is 19.6. The molecule has 0 saturated carbocycles. The van der Waals surface area contributed by atoms with E-state index in [4.69, 9.17) is 5.84 Å². The third-order valence-electron chi connectivity index (χ3n) is 3.78. The second-order valence-electron chi connectivity index (χ2n) is 5.08. The molecule has 2 rings (SSSR count). The van der Waals surface area contributed by atoms with Gasteiger partial charge in [-0.05, 0) is 37.1 Å². The molecule has 1 aromatic rings. The summed E-state index contributed by atoms with van der Waals surface area (Å²) in [5, 5.41) is 0. The first-order chi connectivity index (χ1) is 9.13. The predicted octanol–water partition coefficient (Wildman–Crippen LogP) is 1.66. The van der Waals surface area contributed by atoms with Gasteiger partial charge in [0.25, 0.3) is 5.91 Å². The number of hydrogen-bond donors (Lipinski definition) is 2. The molecule has 0 spiro atoms. The zero-order chi connectivity index (χ0) is 13.8. The first-order valence-corrected chi connectivity index (χ1v) is 6.65. The average molecular weight is 265 g/mol. The molecule has 1 aliphatic heterocycles. The molecule has 1 unspecified atom stereocenters. The first-order valence-electron chi connectivity index (χ1n) is 6.65. The number of halogens is 1. The number of hydrazine groups is 1.